The number of fused-ring (bicyclic) bond motifs is 5. The third kappa shape index (κ3) is 19.1. The highest BCUT2D eigenvalue weighted by atomic mass is 16.8. The Labute approximate surface area is 723 Å². The van der Waals surface area contributed by atoms with Gasteiger partial charge in [0.15, 0.2) is 28.9 Å². The molecule has 5 aliphatic heterocycles. The molecule has 0 spiro atoms. The van der Waals surface area contributed by atoms with Crippen LogP contribution in [-0.2, 0) is 47.4 Å². The molecule has 0 aromatic carbocycles. The number of hydrogen-bond acceptors (Lipinski definition) is 36. The van der Waals surface area contributed by atoms with Crippen molar-refractivity contribution in [3.05, 3.63) is 119 Å². The van der Waals surface area contributed by atoms with Crippen molar-refractivity contribution in [1.82, 2.24) is 29.4 Å². The Balaban J connectivity index is 0.000000213. The summed E-state index contributed by atoms with van der Waals surface area (Å²) in [6, 6.07) is -8.35. The van der Waals surface area contributed by atoms with E-state index in [0.29, 0.717) is 13.1 Å². The molecule has 0 saturated carbocycles. The molecule has 10 aliphatic carbocycles. The molecule has 124 heavy (non-hydrogen) atoms. The van der Waals surface area contributed by atoms with Crippen LogP contribution in [0.25, 0.3) is 0 Å². The van der Waals surface area contributed by atoms with Gasteiger partial charge in [-0.2, -0.15) is 0 Å². The van der Waals surface area contributed by atoms with Crippen molar-refractivity contribution in [2.24, 2.45) is 0 Å². The second kappa shape index (κ2) is 36.8. The lowest BCUT2D eigenvalue weighted by molar-refractivity contribution is -0.163. The minimum Gasteiger partial charge on any atom is -0.388 e. The van der Waals surface area contributed by atoms with Gasteiger partial charge < -0.3 is 149 Å². The van der Waals surface area contributed by atoms with Crippen molar-refractivity contribution in [1.29, 1.82) is 0 Å². The highest BCUT2D eigenvalue weighted by Crippen LogP contribution is 2.47. The number of aliphatic hydroxyl groups excluding tert-OH is 20. The highest BCUT2D eigenvalue weighted by Gasteiger charge is 2.60. The third-order valence-electron chi connectivity index (χ3n) is 27.8. The van der Waals surface area contributed by atoms with Crippen molar-refractivity contribution in [3.63, 3.8) is 0 Å². The fraction of sp³-hybridized carbons (Fsp3) is 0.773. The van der Waals surface area contributed by atoms with Crippen molar-refractivity contribution < 1.29 is 149 Å². The molecular formula is C88H136N6O30. The van der Waals surface area contributed by atoms with Gasteiger partial charge in [-0.15, -0.1) is 0 Å². The van der Waals surface area contributed by atoms with Gasteiger partial charge in [0.2, 0.25) is 0 Å². The van der Waals surface area contributed by atoms with Gasteiger partial charge in [0.25, 0.3) is 0 Å². The Morgan fingerprint density at radius 1 is 0.202 bits per heavy atom. The molecule has 0 radical (unpaired) electrons. The van der Waals surface area contributed by atoms with E-state index in [1.165, 1.54) is 70.6 Å². The smallest absolute Gasteiger partial charge is 0.164 e. The van der Waals surface area contributed by atoms with Crippen LogP contribution in [0.5, 0.6) is 0 Å². The molecule has 0 aromatic rings. The van der Waals surface area contributed by atoms with Crippen LogP contribution in [-0.4, -0.2) is 456 Å². The largest absolute Gasteiger partial charge is 0.388 e. The number of nitrogens with zero attached hydrogens (tertiary/aromatic N) is 6. The average molecular weight is 1760 g/mol. The summed E-state index contributed by atoms with van der Waals surface area (Å²) in [4.78, 5) is 11.2. The maximum absolute atomic E-state index is 12.6. The second-order valence-corrected chi connectivity index (χ2v) is 38.8. The van der Waals surface area contributed by atoms with Gasteiger partial charge in [-0.25, -0.2) is 0 Å². The molecule has 0 bridgehead atoms. The van der Waals surface area contributed by atoms with Crippen molar-refractivity contribution >= 4 is 0 Å². The maximum Gasteiger partial charge on any atom is 0.164 e. The maximum atomic E-state index is 12.6. The van der Waals surface area contributed by atoms with Crippen LogP contribution in [0, 0.1) is 0 Å². The molecule has 0 unspecified atom stereocenters. The molecule has 5 fully saturated rings. The quantitative estimate of drug-likeness (QED) is 0.0451. The van der Waals surface area contributed by atoms with Crippen LogP contribution in [0.2, 0.25) is 0 Å². The van der Waals surface area contributed by atoms with Crippen molar-refractivity contribution in [2.45, 2.75) is 376 Å². The summed E-state index contributed by atoms with van der Waals surface area (Å²) in [5.41, 5.74) is 4.55. The first-order chi connectivity index (χ1) is 58.0. The Morgan fingerprint density at radius 2 is 0.371 bits per heavy atom. The van der Waals surface area contributed by atoms with E-state index >= 15 is 0 Å². The van der Waals surface area contributed by atoms with Gasteiger partial charge in [-0.3, -0.25) is 29.4 Å². The number of aliphatic hydroxyl groups is 20. The summed E-state index contributed by atoms with van der Waals surface area (Å²) in [5.74, 6) is -4.64. The third-order valence-corrected chi connectivity index (χ3v) is 27.8. The molecule has 5 heterocycles. The SMILES string of the molecule is CC1=C[C@H](N(CCN([C@H]2C=C(C)[C@H]3OC(C)(C)O[C@H]3[C@@H]2O)[C@H]2C=C(C)[C@H]3OC(C)(C)O[C@H]3[C@@H]2O)CCN([C@H]2C=C(C)[C@H]3OC(C)(C)O[C@H]3[C@@H]2O)[C@H]2C=C(C)[C@H]3OC(C)(C)O[C@H]3[C@@H]2O)[C@@H](O)[C@@H]2OC(C)(C)O[C@H]12.O[C@H]1[C@H](O)[C@@H](N(CCN([C@H]2C=C[C@@H](O)[C@@H](O)[C@@H]2O)[C@H]2C=C[C@@H](O)[C@@H](O)[C@@H]2O)CCN([C@H]2C=C[C@@H](O)[C@@H](O)[C@@H]2O)[C@H]2C=C[C@@H](O)[C@@H](O)[C@@H]2O)C=C[C@H]1O. The highest BCUT2D eigenvalue weighted by molar-refractivity contribution is 5.32. The standard InChI is InChI=1S/C54H83N3O15.C34H53N3O15/c1-25-20-30(35(58)45-40(25)63-50(6,7)68-45)55(16-18-56(31-21-26(2)41-46(36(31)59)69-51(8,9)64-41)32-22-27(3)42-47(37(32)60)70-52(10,11)65-42)17-19-57(33-23-28(4)43-48(38(33)61)71-53(12,13)66-43)34-24-29(5)44-49(39(34)62)72-54(14,15)67-44;38-20-6-1-15(25(43)30(20)48)35(11-13-36(16-2-7-21(39)31(49)26(16)44)17-3-8-22(40)32(50)27(17)45)12-14-37(18-4-9-23(41)33(51)28(18)46)19-5-10-24(42)34(52)29(19)47/h20-24,30-49,58-62H,16-19H2,1-15H3;1-10,15-34,38-52H,11-14H2/t30-,31-,32-,33-,34-,35+,36+,37+,38+,39+,40+,41+,42+,43+,44+,45-,46-,47-,48-,49-;15-,16-,17-,18-,19-,20+,21+,22+,23+,24+,25+,26+,27+,28+,29+,30+,31+,32+,33+,34+/m00/s1. The zero-order valence-corrected chi connectivity index (χ0v) is 73.1. The van der Waals surface area contributed by atoms with E-state index in [0.717, 1.165) is 27.9 Å². The summed E-state index contributed by atoms with van der Waals surface area (Å²) in [6.45, 7) is 29.4. The summed E-state index contributed by atoms with van der Waals surface area (Å²) in [6.07, 6.45) is -10.1. The Morgan fingerprint density at radius 3 is 0.589 bits per heavy atom. The zero-order valence-electron chi connectivity index (χ0n) is 73.1. The van der Waals surface area contributed by atoms with E-state index in [2.05, 4.69) is 20.8 Å². The minimum absolute atomic E-state index is 0.0526. The topological polar surface area (TPSA) is 516 Å². The Hall–Kier alpha value is -4.04. The lowest BCUT2D eigenvalue weighted by Crippen LogP contribution is -2.64. The van der Waals surface area contributed by atoms with Gasteiger partial charge in [-0.1, -0.05) is 91.1 Å². The zero-order chi connectivity index (χ0) is 90.3. The van der Waals surface area contributed by atoms with Crippen molar-refractivity contribution in [3.8, 4) is 0 Å². The van der Waals surface area contributed by atoms with Gasteiger partial charge in [0.05, 0.1) is 60.4 Å². The van der Waals surface area contributed by atoms with Crippen LogP contribution < -0.4 is 0 Å². The summed E-state index contributed by atoms with van der Waals surface area (Å²) in [5, 5.41) is 221. The van der Waals surface area contributed by atoms with Crippen LogP contribution in [0.15, 0.2) is 119 Å². The van der Waals surface area contributed by atoms with Crippen LogP contribution in [0.4, 0.5) is 0 Å². The van der Waals surface area contributed by atoms with Crippen molar-refractivity contribution in [2.75, 3.05) is 52.4 Å². The number of rotatable bonds is 22. The first-order valence-corrected chi connectivity index (χ1v) is 43.7. The molecule has 15 rings (SSSR count). The predicted octanol–water partition coefficient (Wildman–Crippen LogP) is -5.06. The molecule has 20 N–H and O–H groups in total. The van der Waals surface area contributed by atoms with Gasteiger partial charge in [0.1, 0.15) is 183 Å². The van der Waals surface area contributed by atoms with E-state index in [1.54, 1.807) is 4.90 Å². The monoisotopic (exact) mass is 1760 g/mol. The molecule has 0 amide bonds. The molecule has 698 valence electrons. The first kappa shape index (κ1) is 96.0. The van der Waals surface area contributed by atoms with Gasteiger partial charge >= 0.3 is 0 Å². The Bertz CT molecular complexity index is 3670. The average Bonchev–Trinajstić information content (AvgIpc) is 1.59. The van der Waals surface area contributed by atoms with E-state index in [1.807, 2.05) is 128 Å². The number of ether oxygens (including phenoxy) is 10. The summed E-state index contributed by atoms with van der Waals surface area (Å²) in [7, 11) is 0. The molecular weight excluding hydrogens is 1620 g/mol. The van der Waals surface area contributed by atoms with Crippen LogP contribution in [0.3, 0.4) is 0 Å². The normalized spacial score (nSPS) is 47.0. The minimum atomic E-state index is -1.62. The molecule has 40 atom stereocenters. The van der Waals surface area contributed by atoms with E-state index in [-0.39, 0.29) is 39.3 Å². The molecule has 36 heteroatoms. The van der Waals surface area contributed by atoms with Crippen LogP contribution in [0.1, 0.15) is 104 Å². The summed E-state index contributed by atoms with van der Waals surface area (Å²) >= 11 is 0. The fourth-order valence-corrected chi connectivity index (χ4v) is 21.4. The second-order valence-electron chi connectivity index (χ2n) is 38.8. The van der Waals surface area contributed by atoms with E-state index in [9.17, 15) is 102 Å². The van der Waals surface area contributed by atoms with Gasteiger partial charge in [-0.05, 0) is 132 Å². The first-order valence-electron chi connectivity index (χ1n) is 43.7. The summed E-state index contributed by atoms with van der Waals surface area (Å²) < 4.78 is 63.7. The lowest BCUT2D eigenvalue weighted by atomic mass is 9.83. The lowest BCUT2D eigenvalue weighted by Gasteiger charge is -2.49. The van der Waals surface area contributed by atoms with Crippen LogP contribution >= 0.6 is 0 Å². The molecule has 36 nitrogen and oxygen atoms in total. The Kier molecular flexibility index (Phi) is 28.5. The molecule has 0 aromatic heterocycles. The molecule has 5 saturated heterocycles. The predicted molar refractivity (Wildman–Crippen MR) is 442 cm³/mol. The fourth-order valence-electron chi connectivity index (χ4n) is 21.4. The molecule has 15 aliphatic rings. The van der Waals surface area contributed by atoms with E-state index in [4.69, 9.17) is 47.4 Å². The van der Waals surface area contributed by atoms with E-state index < -0.39 is 272 Å². The van der Waals surface area contributed by atoms with Gasteiger partial charge in [0, 0.05) is 52.4 Å². The number of hydrogen-bond donors (Lipinski definition) is 20.